The zero-order valence-electron chi connectivity index (χ0n) is 46.3. The molecule has 0 heterocycles. The van der Waals surface area contributed by atoms with Gasteiger partial charge in [-0.05, 0) is 102 Å². The molecule has 0 aliphatic heterocycles. The fraction of sp³-hybridized carbons (Fsp3) is 0.627. The highest BCUT2D eigenvalue weighted by atomic mass is 16.6. The number of carbonyl (C=O) groups is 4. The Morgan fingerprint density at radius 1 is 0.357 bits per heavy atom. The maximum atomic E-state index is 13.7. The molecular formula is C59H88O11. The quantitative estimate of drug-likeness (QED) is 0.0820. The van der Waals surface area contributed by atoms with E-state index in [-0.39, 0.29) is 82.0 Å². The number of hydrogen-bond donors (Lipinski definition) is 3. The van der Waals surface area contributed by atoms with Crippen molar-refractivity contribution in [3.05, 3.63) is 86.5 Å². The van der Waals surface area contributed by atoms with E-state index in [9.17, 15) is 34.5 Å². The van der Waals surface area contributed by atoms with Gasteiger partial charge in [0.1, 0.15) is 49.1 Å². The summed E-state index contributed by atoms with van der Waals surface area (Å²) < 4.78 is 23.5. The molecule has 0 aromatic heterocycles. The Labute approximate surface area is 420 Å². The molecule has 0 saturated carbocycles. The largest absolute Gasteiger partial charge is 0.507 e. The van der Waals surface area contributed by atoms with Gasteiger partial charge in [0.25, 0.3) is 0 Å². The second-order valence-electron chi connectivity index (χ2n) is 25.6. The topological polar surface area (TPSA) is 166 Å². The lowest BCUT2D eigenvalue weighted by Crippen LogP contribution is -2.44. The molecule has 0 atom stereocenters. The van der Waals surface area contributed by atoms with Crippen LogP contribution < -0.4 is 0 Å². The number of esters is 4. The molecule has 3 aromatic rings. The summed E-state index contributed by atoms with van der Waals surface area (Å²) >= 11 is 0. The van der Waals surface area contributed by atoms with Gasteiger partial charge in [0.2, 0.25) is 0 Å². The average molecular weight is 973 g/mol. The van der Waals surface area contributed by atoms with Crippen LogP contribution in [0.25, 0.3) is 0 Å². The minimum absolute atomic E-state index is 0.0260. The van der Waals surface area contributed by atoms with Gasteiger partial charge in [-0.2, -0.15) is 0 Å². The summed E-state index contributed by atoms with van der Waals surface area (Å²) in [6, 6.07) is 11.5. The molecule has 3 N–H and O–H groups in total. The molecule has 0 amide bonds. The van der Waals surface area contributed by atoms with Gasteiger partial charge >= 0.3 is 23.9 Å². The highest BCUT2D eigenvalue weighted by molar-refractivity contribution is 5.72. The molecule has 0 aliphatic rings. The van der Waals surface area contributed by atoms with E-state index in [1.54, 1.807) is 6.92 Å². The Hall–Kier alpha value is -5.06. The van der Waals surface area contributed by atoms with Gasteiger partial charge in [-0.3, -0.25) is 19.2 Å². The fourth-order valence-electron chi connectivity index (χ4n) is 8.19. The molecule has 0 fully saturated rings. The number of aryl methyl sites for hydroxylation is 3. The molecule has 0 bridgehead atoms. The first kappa shape index (κ1) is 59.2. The maximum absolute atomic E-state index is 13.7. The van der Waals surface area contributed by atoms with Gasteiger partial charge in [-0.1, -0.05) is 168 Å². The molecule has 390 valence electrons. The summed E-state index contributed by atoms with van der Waals surface area (Å²) in [7, 11) is 0. The monoisotopic (exact) mass is 973 g/mol. The van der Waals surface area contributed by atoms with Crippen LogP contribution in [0.1, 0.15) is 207 Å². The van der Waals surface area contributed by atoms with E-state index >= 15 is 0 Å². The number of phenols is 3. The summed E-state index contributed by atoms with van der Waals surface area (Å²) in [4.78, 5) is 53.8. The van der Waals surface area contributed by atoms with Crippen LogP contribution in [0.4, 0.5) is 0 Å². The molecular weight excluding hydrogens is 885 g/mol. The number of benzene rings is 3. The molecule has 0 aliphatic carbocycles. The van der Waals surface area contributed by atoms with Gasteiger partial charge in [-0.25, -0.2) is 0 Å². The van der Waals surface area contributed by atoms with Crippen LogP contribution in [0.15, 0.2) is 36.4 Å². The van der Waals surface area contributed by atoms with E-state index in [1.165, 1.54) is 0 Å². The third kappa shape index (κ3) is 16.8. The van der Waals surface area contributed by atoms with Gasteiger partial charge in [0.15, 0.2) is 0 Å². The summed E-state index contributed by atoms with van der Waals surface area (Å²) in [5.41, 5.74) is 3.51. The van der Waals surface area contributed by atoms with Crippen molar-refractivity contribution >= 4 is 23.9 Å². The Morgan fingerprint density at radius 3 is 0.714 bits per heavy atom. The number of rotatable bonds is 18. The molecule has 11 nitrogen and oxygen atoms in total. The van der Waals surface area contributed by atoms with Crippen molar-refractivity contribution in [3.8, 4) is 17.2 Å². The number of hydrogen-bond acceptors (Lipinski definition) is 11. The Bertz CT molecular complexity index is 1980. The molecule has 3 rings (SSSR count). The van der Waals surface area contributed by atoms with E-state index in [0.29, 0.717) is 19.3 Å². The molecule has 0 radical (unpaired) electrons. The van der Waals surface area contributed by atoms with Crippen molar-refractivity contribution in [1.82, 2.24) is 0 Å². The average Bonchev–Trinajstić information content (AvgIpc) is 3.21. The molecule has 11 heteroatoms. The van der Waals surface area contributed by atoms with Crippen molar-refractivity contribution in [1.29, 1.82) is 0 Å². The first-order valence-electron chi connectivity index (χ1n) is 25.0. The van der Waals surface area contributed by atoms with Gasteiger partial charge in [0, 0.05) is 25.7 Å². The Balaban J connectivity index is 1.96. The number of ether oxygens (including phenoxy) is 4. The lowest BCUT2D eigenvalue weighted by molar-refractivity contribution is -0.170. The number of phenolic OH excluding ortho intramolecular Hbond substituents is 3. The number of aromatic hydroxyl groups is 3. The highest BCUT2D eigenvalue weighted by Gasteiger charge is 2.38. The normalized spacial score (nSPS) is 13.0. The summed E-state index contributed by atoms with van der Waals surface area (Å²) in [5.74, 6) is -1.54. The zero-order chi connectivity index (χ0) is 53.6. The van der Waals surface area contributed by atoms with Crippen LogP contribution in [-0.2, 0) is 89.9 Å². The highest BCUT2D eigenvalue weighted by Crippen LogP contribution is 2.43. The maximum Gasteiger partial charge on any atom is 0.306 e. The minimum atomic E-state index is -1.47. The SMILES string of the molecule is CCC(=O)OCC(COC(=O)CCc1cc(C(C)(C)C)c(O)c(C(C)(C)C)c1)(COC(=O)CCc1cc(C(C)(C)C)c(O)c(C(C)(C)C)c1)COC(=O)CCc1cc(C(C)(C)C)c(O)c(C(C)(C)C)c1. The van der Waals surface area contributed by atoms with Crippen molar-refractivity contribution in [2.45, 2.75) is 209 Å². The lowest BCUT2D eigenvalue weighted by atomic mass is 9.78. The third-order valence-electron chi connectivity index (χ3n) is 12.7. The van der Waals surface area contributed by atoms with E-state index in [1.807, 2.05) is 161 Å². The van der Waals surface area contributed by atoms with Crippen LogP contribution in [0.3, 0.4) is 0 Å². The zero-order valence-corrected chi connectivity index (χ0v) is 46.3. The van der Waals surface area contributed by atoms with Crippen LogP contribution in [0, 0.1) is 5.41 Å². The molecule has 0 spiro atoms. The molecule has 3 aromatic carbocycles. The first-order valence-corrected chi connectivity index (χ1v) is 25.0. The van der Waals surface area contributed by atoms with Crippen LogP contribution >= 0.6 is 0 Å². The minimum Gasteiger partial charge on any atom is -0.507 e. The summed E-state index contributed by atoms with van der Waals surface area (Å²) in [6.45, 7) is 36.5. The van der Waals surface area contributed by atoms with E-state index in [4.69, 9.17) is 18.9 Å². The van der Waals surface area contributed by atoms with Crippen molar-refractivity contribution < 1.29 is 53.4 Å². The van der Waals surface area contributed by atoms with E-state index in [0.717, 1.165) is 50.1 Å². The van der Waals surface area contributed by atoms with Gasteiger partial charge in [0.05, 0.1) is 0 Å². The third-order valence-corrected chi connectivity index (χ3v) is 12.7. The molecule has 0 unspecified atom stereocenters. The smallest absolute Gasteiger partial charge is 0.306 e. The first-order chi connectivity index (χ1) is 31.8. The van der Waals surface area contributed by atoms with E-state index < -0.39 is 49.1 Å². The summed E-state index contributed by atoms with van der Waals surface area (Å²) in [6.07, 6.45) is 0.899. The van der Waals surface area contributed by atoms with Crippen LogP contribution in [-0.4, -0.2) is 65.6 Å². The predicted molar refractivity (Wildman–Crippen MR) is 278 cm³/mol. The lowest BCUT2D eigenvalue weighted by Gasteiger charge is -2.32. The van der Waals surface area contributed by atoms with Gasteiger partial charge < -0.3 is 34.3 Å². The summed E-state index contributed by atoms with van der Waals surface area (Å²) in [5, 5.41) is 33.8. The van der Waals surface area contributed by atoms with Crippen LogP contribution in [0.2, 0.25) is 0 Å². The predicted octanol–water partition coefficient (Wildman–Crippen LogP) is 12.4. The van der Waals surface area contributed by atoms with Crippen LogP contribution in [0.5, 0.6) is 17.2 Å². The Morgan fingerprint density at radius 2 is 0.543 bits per heavy atom. The Kier molecular flexibility index (Phi) is 19.1. The standard InChI is InChI=1S/C59H88O11/c1-20-46(60)67-33-59(34-68-47(61)24-21-37-27-40(53(2,3)4)50(64)41(28-37)54(5,6)7,35-69-48(62)25-22-38-29-42(55(8,9)10)51(65)43(30-38)56(11,12)13)36-70-49(63)26-23-39-31-44(57(14,15)16)52(66)45(32-39)58(17,18)19/h27-32,64-66H,20-26,33-36H2,1-19H3. The molecule has 70 heavy (non-hydrogen) atoms. The molecule has 0 saturated heterocycles. The van der Waals surface area contributed by atoms with Crippen molar-refractivity contribution in [3.63, 3.8) is 0 Å². The second kappa shape index (κ2) is 22.6. The van der Waals surface area contributed by atoms with Crippen molar-refractivity contribution in [2.75, 3.05) is 26.4 Å². The van der Waals surface area contributed by atoms with Gasteiger partial charge in [-0.15, -0.1) is 0 Å². The second-order valence-corrected chi connectivity index (χ2v) is 25.6. The van der Waals surface area contributed by atoms with E-state index in [2.05, 4.69) is 0 Å². The van der Waals surface area contributed by atoms with Crippen molar-refractivity contribution in [2.24, 2.45) is 5.41 Å². The fourth-order valence-corrected chi connectivity index (χ4v) is 8.19. The number of carbonyl (C=O) groups excluding carboxylic acids is 4.